The van der Waals surface area contributed by atoms with E-state index < -0.39 is 5.26 Å². The molecule has 3 N–H and O–H groups in total. The van der Waals surface area contributed by atoms with Crippen molar-refractivity contribution in [2.75, 3.05) is 25.0 Å². The lowest BCUT2D eigenvalue weighted by Crippen LogP contribution is -2.45. The van der Waals surface area contributed by atoms with Gasteiger partial charge in [0, 0.05) is 18.6 Å². The molecular formula is C13H20ClFN4S. The van der Waals surface area contributed by atoms with Crippen molar-refractivity contribution in [1.82, 2.24) is 15.6 Å². The molecule has 7 heteroatoms. The fourth-order valence-corrected chi connectivity index (χ4v) is 4.01. The van der Waals surface area contributed by atoms with Crippen LogP contribution in [0.3, 0.4) is 0 Å². The number of anilines is 1. The van der Waals surface area contributed by atoms with Crippen molar-refractivity contribution in [3.63, 3.8) is 0 Å². The van der Waals surface area contributed by atoms with Crippen LogP contribution >= 0.6 is 22.9 Å². The minimum absolute atomic E-state index is 0.397. The number of unbranched alkanes of at least 4 members (excludes halogenated alkanes) is 1. The highest BCUT2D eigenvalue weighted by Gasteiger charge is 2.38. The van der Waals surface area contributed by atoms with Crippen LogP contribution in [0, 0.1) is 11.2 Å². The number of aromatic nitrogens is 1. The first kappa shape index (κ1) is 14.5. The maximum atomic E-state index is 12.8. The fraction of sp³-hybridized carbons (Fsp3) is 0.769. The third kappa shape index (κ3) is 3.42. The van der Waals surface area contributed by atoms with Crippen LogP contribution in [-0.4, -0.2) is 36.7 Å². The summed E-state index contributed by atoms with van der Waals surface area (Å²) in [6, 6.07) is 1.35. The van der Waals surface area contributed by atoms with Crippen molar-refractivity contribution in [1.29, 1.82) is 0 Å². The molecule has 1 unspecified atom stereocenters. The van der Waals surface area contributed by atoms with Crippen LogP contribution in [0.15, 0.2) is 0 Å². The topological polar surface area (TPSA) is 49.0 Å². The first-order valence-electron chi connectivity index (χ1n) is 7.25. The van der Waals surface area contributed by atoms with Crippen LogP contribution in [-0.2, 0) is 0 Å². The average Bonchev–Trinajstić information content (AvgIpc) is 3.10. The number of piperidine rings is 1. The van der Waals surface area contributed by atoms with Gasteiger partial charge >= 0.3 is 0 Å². The Bertz CT molecular complexity index is 456. The highest BCUT2D eigenvalue weighted by atomic mass is 35.5. The van der Waals surface area contributed by atoms with Crippen LogP contribution in [0.25, 0.3) is 0 Å². The number of nitrogens with zero attached hydrogens (tertiary/aromatic N) is 1. The quantitative estimate of drug-likeness (QED) is 0.676. The number of fused-ring (bicyclic) bond motifs is 2. The standard InChI is InChI=1S/C13H20ClFN4S/c14-11-12(19-13(15)20-11)17-4-2-1-3-16-9-5-8-6-10(9)18-7-8/h8-10,16-18H,1-7H2/t8-,9?,10-/m0/s1. The molecule has 1 aromatic rings. The Labute approximate surface area is 127 Å². The Morgan fingerprint density at radius 1 is 1.35 bits per heavy atom. The van der Waals surface area contributed by atoms with E-state index in [4.69, 9.17) is 11.6 Å². The summed E-state index contributed by atoms with van der Waals surface area (Å²) in [5.74, 6) is 1.36. The van der Waals surface area contributed by atoms with E-state index in [9.17, 15) is 4.39 Å². The lowest BCUT2D eigenvalue weighted by molar-refractivity contribution is 0.377. The van der Waals surface area contributed by atoms with Gasteiger partial charge in [0.25, 0.3) is 5.26 Å². The van der Waals surface area contributed by atoms with Gasteiger partial charge in [0.2, 0.25) is 0 Å². The molecule has 1 aliphatic carbocycles. The zero-order valence-corrected chi connectivity index (χ0v) is 12.9. The molecule has 2 bridgehead atoms. The van der Waals surface area contributed by atoms with Crippen molar-refractivity contribution < 1.29 is 4.39 Å². The Kier molecular flexibility index (Phi) is 4.75. The Morgan fingerprint density at radius 3 is 2.85 bits per heavy atom. The van der Waals surface area contributed by atoms with Crippen LogP contribution in [0.1, 0.15) is 25.7 Å². The largest absolute Gasteiger partial charge is 0.368 e. The molecule has 4 nitrogen and oxygen atoms in total. The Hall–Kier alpha value is -0.430. The maximum Gasteiger partial charge on any atom is 0.272 e. The molecule has 0 aromatic carbocycles. The summed E-state index contributed by atoms with van der Waals surface area (Å²) in [6.45, 7) is 3.02. The number of hydrogen-bond acceptors (Lipinski definition) is 5. The van der Waals surface area contributed by atoms with E-state index in [1.807, 2.05) is 0 Å². The molecule has 2 aliphatic rings. The number of thiazole rings is 1. The summed E-state index contributed by atoms with van der Waals surface area (Å²) in [7, 11) is 0. The van der Waals surface area contributed by atoms with Crippen LogP contribution in [0.2, 0.25) is 4.34 Å². The zero-order chi connectivity index (χ0) is 13.9. The zero-order valence-electron chi connectivity index (χ0n) is 11.3. The molecule has 1 saturated heterocycles. The van der Waals surface area contributed by atoms with E-state index >= 15 is 0 Å². The van der Waals surface area contributed by atoms with Gasteiger partial charge in [0.1, 0.15) is 4.34 Å². The third-order valence-electron chi connectivity index (χ3n) is 4.19. The van der Waals surface area contributed by atoms with Gasteiger partial charge in [0.15, 0.2) is 5.82 Å². The van der Waals surface area contributed by atoms with Crippen molar-refractivity contribution >= 4 is 28.8 Å². The molecule has 3 rings (SSSR count). The monoisotopic (exact) mass is 318 g/mol. The first-order valence-corrected chi connectivity index (χ1v) is 8.44. The van der Waals surface area contributed by atoms with Gasteiger partial charge < -0.3 is 16.0 Å². The van der Waals surface area contributed by atoms with Crippen molar-refractivity contribution in [3.8, 4) is 0 Å². The van der Waals surface area contributed by atoms with Gasteiger partial charge in [-0.15, -0.1) is 0 Å². The Balaban J connectivity index is 1.26. The predicted molar refractivity (Wildman–Crippen MR) is 81.1 cm³/mol. The second-order valence-corrected chi connectivity index (χ2v) is 7.19. The lowest BCUT2D eigenvalue weighted by Gasteiger charge is -2.24. The SMILES string of the molecule is Fc1nc(NCCCCNC2C[C@@H]3CN[C@H]2C3)c(Cl)s1. The molecule has 0 amide bonds. The molecule has 0 radical (unpaired) electrons. The average molecular weight is 319 g/mol. The minimum Gasteiger partial charge on any atom is -0.368 e. The van der Waals surface area contributed by atoms with E-state index in [0.29, 0.717) is 22.2 Å². The molecular weight excluding hydrogens is 299 g/mol. The molecule has 0 spiro atoms. The molecule has 1 saturated carbocycles. The van der Waals surface area contributed by atoms with Gasteiger partial charge in [0.05, 0.1) is 0 Å². The van der Waals surface area contributed by atoms with E-state index in [-0.39, 0.29) is 0 Å². The molecule has 1 aliphatic heterocycles. The lowest BCUT2D eigenvalue weighted by atomic mass is 10.1. The number of rotatable bonds is 7. The van der Waals surface area contributed by atoms with Crippen molar-refractivity contribution in [3.05, 3.63) is 9.60 Å². The van der Waals surface area contributed by atoms with Gasteiger partial charge in [-0.1, -0.05) is 22.9 Å². The molecule has 2 heterocycles. The predicted octanol–water partition coefficient (Wildman–Crippen LogP) is 2.47. The first-order chi connectivity index (χ1) is 9.72. The molecule has 2 fully saturated rings. The summed E-state index contributed by atoms with van der Waals surface area (Å²) in [6.07, 6.45) is 4.79. The minimum atomic E-state index is -0.483. The summed E-state index contributed by atoms with van der Waals surface area (Å²) in [5, 5.41) is 9.79. The van der Waals surface area contributed by atoms with Crippen molar-refractivity contribution in [2.45, 2.75) is 37.8 Å². The normalized spacial score (nSPS) is 28.2. The molecule has 20 heavy (non-hydrogen) atoms. The van der Waals surface area contributed by atoms with E-state index in [2.05, 4.69) is 20.9 Å². The van der Waals surface area contributed by atoms with Crippen LogP contribution < -0.4 is 16.0 Å². The fourth-order valence-electron chi connectivity index (χ4n) is 3.21. The summed E-state index contributed by atoms with van der Waals surface area (Å²) in [5.41, 5.74) is 0. The van der Waals surface area contributed by atoms with Gasteiger partial charge in [-0.2, -0.15) is 9.37 Å². The summed E-state index contributed by atoms with van der Waals surface area (Å²) >= 11 is 6.71. The number of halogens is 2. The highest BCUT2D eigenvalue weighted by molar-refractivity contribution is 7.15. The van der Waals surface area contributed by atoms with Crippen molar-refractivity contribution in [2.24, 2.45) is 5.92 Å². The second-order valence-electron chi connectivity index (χ2n) is 5.64. The number of hydrogen-bond donors (Lipinski definition) is 3. The maximum absolute atomic E-state index is 12.8. The molecule has 3 atom stereocenters. The van der Waals surface area contributed by atoms with Gasteiger partial charge in [-0.25, -0.2) is 0 Å². The smallest absolute Gasteiger partial charge is 0.272 e. The third-order valence-corrected chi connectivity index (χ3v) is 5.23. The van der Waals surface area contributed by atoms with Gasteiger partial charge in [-0.05, 0) is 44.7 Å². The summed E-state index contributed by atoms with van der Waals surface area (Å²) < 4.78 is 13.2. The highest BCUT2D eigenvalue weighted by Crippen LogP contribution is 2.31. The van der Waals surface area contributed by atoms with Crippen LogP contribution in [0.5, 0.6) is 0 Å². The van der Waals surface area contributed by atoms with Crippen LogP contribution in [0.4, 0.5) is 10.2 Å². The van der Waals surface area contributed by atoms with E-state index in [0.717, 1.165) is 43.2 Å². The second kappa shape index (κ2) is 6.56. The van der Waals surface area contributed by atoms with Gasteiger partial charge in [-0.3, -0.25) is 0 Å². The molecule has 1 aromatic heterocycles. The Morgan fingerprint density at radius 2 is 2.20 bits per heavy atom. The summed E-state index contributed by atoms with van der Waals surface area (Å²) in [4.78, 5) is 3.70. The molecule has 112 valence electrons. The van der Waals surface area contributed by atoms with E-state index in [1.165, 1.54) is 19.4 Å². The number of nitrogens with one attached hydrogen (secondary N) is 3. The van der Waals surface area contributed by atoms with E-state index in [1.54, 1.807) is 0 Å².